The highest BCUT2D eigenvalue weighted by molar-refractivity contribution is 5.88. The lowest BCUT2D eigenvalue weighted by molar-refractivity contribution is -0.142. The van der Waals surface area contributed by atoms with E-state index in [1.807, 2.05) is 37.3 Å². The van der Waals surface area contributed by atoms with E-state index in [-0.39, 0.29) is 11.8 Å². The minimum absolute atomic E-state index is 0.299. The summed E-state index contributed by atoms with van der Waals surface area (Å²) in [6.07, 6.45) is 0.588. The molecular formula is C19H21NO4. The molecule has 1 amide bonds. The fourth-order valence-electron chi connectivity index (χ4n) is 2.58. The zero-order chi connectivity index (χ0) is 17.5. The van der Waals surface area contributed by atoms with Gasteiger partial charge in [0.15, 0.2) is 6.04 Å². The second-order valence-electron chi connectivity index (χ2n) is 5.42. The molecule has 0 aliphatic heterocycles. The molecule has 0 aliphatic rings. The van der Waals surface area contributed by atoms with E-state index in [1.165, 1.54) is 7.11 Å². The molecular weight excluding hydrogens is 306 g/mol. The van der Waals surface area contributed by atoms with Gasteiger partial charge in [-0.15, -0.1) is 0 Å². The maximum absolute atomic E-state index is 12.6. The SMILES string of the molecule is CCC(C(=O)NC(C(=O)O)c1ccc(OC)cc1)c1ccccc1. The van der Waals surface area contributed by atoms with Crippen molar-refractivity contribution in [1.82, 2.24) is 5.32 Å². The summed E-state index contributed by atoms with van der Waals surface area (Å²) in [5.74, 6) is -1.15. The van der Waals surface area contributed by atoms with E-state index in [0.717, 1.165) is 5.56 Å². The molecule has 24 heavy (non-hydrogen) atoms. The predicted molar refractivity (Wildman–Crippen MR) is 91.0 cm³/mol. The zero-order valence-corrected chi connectivity index (χ0v) is 13.7. The molecule has 0 aliphatic carbocycles. The number of aliphatic carboxylic acids is 1. The Bertz CT molecular complexity index is 682. The minimum atomic E-state index is -1.10. The van der Waals surface area contributed by atoms with Gasteiger partial charge in [0.1, 0.15) is 5.75 Å². The second-order valence-corrected chi connectivity index (χ2v) is 5.42. The van der Waals surface area contributed by atoms with E-state index in [1.54, 1.807) is 24.3 Å². The van der Waals surface area contributed by atoms with Gasteiger partial charge in [0.05, 0.1) is 13.0 Å². The third kappa shape index (κ3) is 4.13. The van der Waals surface area contributed by atoms with Crippen LogP contribution in [-0.2, 0) is 9.59 Å². The summed E-state index contributed by atoms with van der Waals surface area (Å²) in [5.41, 5.74) is 1.37. The Kier molecular flexibility index (Phi) is 5.95. The van der Waals surface area contributed by atoms with Crippen molar-refractivity contribution in [2.45, 2.75) is 25.3 Å². The zero-order valence-electron chi connectivity index (χ0n) is 13.7. The van der Waals surface area contributed by atoms with Crippen LogP contribution in [0.5, 0.6) is 5.75 Å². The maximum atomic E-state index is 12.6. The smallest absolute Gasteiger partial charge is 0.330 e. The van der Waals surface area contributed by atoms with Gasteiger partial charge < -0.3 is 15.2 Å². The van der Waals surface area contributed by atoms with E-state index >= 15 is 0 Å². The summed E-state index contributed by atoms with van der Waals surface area (Å²) in [5, 5.41) is 12.1. The summed E-state index contributed by atoms with van der Waals surface area (Å²) in [6.45, 7) is 1.90. The standard InChI is InChI=1S/C19H21NO4/c1-3-16(13-7-5-4-6-8-13)18(21)20-17(19(22)23)14-9-11-15(24-2)12-10-14/h4-12,16-17H,3H2,1-2H3,(H,20,21)(H,22,23). The number of rotatable bonds is 7. The molecule has 0 saturated carbocycles. The average Bonchev–Trinajstić information content (AvgIpc) is 2.61. The Balaban J connectivity index is 2.19. The Morgan fingerprint density at radius 1 is 1.04 bits per heavy atom. The summed E-state index contributed by atoms with van der Waals surface area (Å²) in [6, 6.07) is 14.9. The quantitative estimate of drug-likeness (QED) is 0.819. The van der Waals surface area contributed by atoms with Gasteiger partial charge in [0.2, 0.25) is 5.91 Å². The van der Waals surface area contributed by atoms with Gasteiger partial charge in [0, 0.05) is 0 Å². The molecule has 0 radical (unpaired) electrons. The molecule has 2 N–H and O–H groups in total. The minimum Gasteiger partial charge on any atom is -0.497 e. The molecule has 0 bridgehead atoms. The van der Waals surface area contributed by atoms with E-state index in [0.29, 0.717) is 17.7 Å². The summed E-state index contributed by atoms with van der Waals surface area (Å²) in [4.78, 5) is 24.2. The molecule has 2 aromatic rings. The predicted octanol–water partition coefficient (Wildman–Crippen LogP) is 3.13. The van der Waals surface area contributed by atoms with Crippen molar-refractivity contribution < 1.29 is 19.4 Å². The highest BCUT2D eigenvalue weighted by Crippen LogP contribution is 2.23. The van der Waals surface area contributed by atoms with Crippen LogP contribution in [0.2, 0.25) is 0 Å². The first kappa shape index (κ1) is 17.5. The number of hydrogen-bond acceptors (Lipinski definition) is 3. The van der Waals surface area contributed by atoms with E-state index in [9.17, 15) is 14.7 Å². The fourth-order valence-corrected chi connectivity index (χ4v) is 2.58. The van der Waals surface area contributed by atoms with Gasteiger partial charge in [0.25, 0.3) is 0 Å². The average molecular weight is 327 g/mol. The molecule has 2 aromatic carbocycles. The number of benzene rings is 2. The molecule has 126 valence electrons. The number of ether oxygens (including phenoxy) is 1. The van der Waals surface area contributed by atoms with Crippen LogP contribution >= 0.6 is 0 Å². The summed E-state index contributed by atoms with van der Waals surface area (Å²) < 4.78 is 5.07. The number of carboxylic acid groups (broad SMARTS) is 1. The van der Waals surface area contributed by atoms with Crippen molar-refractivity contribution in [1.29, 1.82) is 0 Å². The van der Waals surface area contributed by atoms with Gasteiger partial charge in [-0.25, -0.2) is 4.79 Å². The number of carboxylic acids is 1. The lowest BCUT2D eigenvalue weighted by Crippen LogP contribution is -2.36. The molecule has 2 rings (SSSR count). The lowest BCUT2D eigenvalue weighted by Gasteiger charge is -2.20. The van der Waals surface area contributed by atoms with Crippen LogP contribution < -0.4 is 10.1 Å². The molecule has 5 nitrogen and oxygen atoms in total. The van der Waals surface area contributed by atoms with Crippen LogP contribution in [-0.4, -0.2) is 24.1 Å². The Morgan fingerprint density at radius 2 is 1.67 bits per heavy atom. The Morgan fingerprint density at radius 3 is 2.17 bits per heavy atom. The van der Waals surface area contributed by atoms with Crippen LogP contribution in [0.4, 0.5) is 0 Å². The van der Waals surface area contributed by atoms with Crippen molar-refractivity contribution in [3.63, 3.8) is 0 Å². The third-order valence-corrected chi connectivity index (χ3v) is 3.91. The molecule has 0 heterocycles. The van der Waals surface area contributed by atoms with E-state index in [4.69, 9.17) is 4.74 Å². The third-order valence-electron chi connectivity index (χ3n) is 3.91. The largest absolute Gasteiger partial charge is 0.497 e. The molecule has 2 unspecified atom stereocenters. The Hall–Kier alpha value is -2.82. The van der Waals surface area contributed by atoms with Crippen LogP contribution in [0, 0.1) is 0 Å². The number of nitrogens with one attached hydrogen (secondary N) is 1. The van der Waals surface area contributed by atoms with Gasteiger partial charge in [-0.05, 0) is 29.7 Å². The van der Waals surface area contributed by atoms with Crippen molar-refractivity contribution in [2.24, 2.45) is 0 Å². The lowest BCUT2D eigenvalue weighted by atomic mass is 9.95. The summed E-state index contributed by atoms with van der Waals surface area (Å²) >= 11 is 0. The number of carbonyl (C=O) groups is 2. The highest BCUT2D eigenvalue weighted by Gasteiger charge is 2.26. The number of hydrogen-bond donors (Lipinski definition) is 2. The molecule has 0 fully saturated rings. The van der Waals surface area contributed by atoms with Gasteiger partial charge in [-0.3, -0.25) is 4.79 Å². The Labute approximate surface area is 141 Å². The van der Waals surface area contributed by atoms with Crippen molar-refractivity contribution in [3.8, 4) is 5.75 Å². The van der Waals surface area contributed by atoms with Crippen molar-refractivity contribution in [3.05, 3.63) is 65.7 Å². The first-order chi connectivity index (χ1) is 11.6. The van der Waals surface area contributed by atoms with Gasteiger partial charge in [-0.1, -0.05) is 49.4 Å². The number of amides is 1. The van der Waals surface area contributed by atoms with Crippen LogP contribution in [0.1, 0.15) is 36.4 Å². The second kappa shape index (κ2) is 8.15. The number of carbonyl (C=O) groups excluding carboxylic acids is 1. The normalized spacial score (nSPS) is 12.9. The number of methoxy groups -OCH3 is 1. The molecule has 5 heteroatoms. The van der Waals surface area contributed by atoms with Gasteiger partial charge in [-0.2, -0.15) is 0 Å². The fraction of sp³-hybridized carbons (Fsp3) is 0.263. The van der Waals surface area contributed by atoms with E-state index < -0.39 is 12.0 Å². The molecule has 0 saturated heterocycles. The monoisotopic (exact) mass is 327 g/mol. The van der Waals surface area contributed by atoms with Crippen molar-refractivity contribution in [2.75, 3.05) is 7.11 Å². The van der Waals surface area contributed by atoms with Crippen LogP contribution in [0.25, 0.3) is 0 Å². The van der Waals surface area contributed by atoms with Crippen LogP contribution in [0.3, 0.4) is 0 Å². The molecule has 2 atom stereocenters. The topological polar surface area (TPSA) is 75.6 Å². The first-order valence-electron chi connectivity index (χ1n) is 7.79. The van der Waals surface area contributed by atoms with Crippen molar-refractivity contribution >= 4 is 11.9 Å². The van der Waals surface area contributed by atoms with E-state index in [2.05, 4.69) is 5.32 Å². The molecule has 0 aromatic heterocycles. The summed E-state index contributed by atoms with van der Waals surface area (Å²) in [7, 11) is 1.54. The first-order valence-corrected chi connectivity index (χ1v) is 7.79. The molecule has 0 spiro atoms. The van der Waals surface area contributed by atoms with Gasteiger partial charge >= 0.3 is 5.97 Å². The van der Waals surface area contributed by atoms with Crippen LogP contribution in [0.15, 0.2) is 54.6 Å². The highest BCUT2D eigenvalue weighted by atomic mass is 16.5. The maximum Gasteiger partial charge on any atom is 0.330 e.